The Morgan fingerprint density at radius 3 is 2.64 bits per heavy atom. The molecule has 2 rings (SSSR count). The van der Waals surface area contributed by atoms with E-state index in [0.717, 1.165) is 12.0 Å². The molecule has 0 spiro atoms. The number of likely N-dealkylation sites (N-methyl/N-ethyl adjacent to an activating group) is 1. The number of nitrogens with zero attached hydrogens (tertiary/aromatic N) is 2. The smallest absolute Gasteiger partial charge is 0.410 e. The van der Waals surface area contributed by atoms with Crippen molar-refractivity contribution in [3.8, 4) is 0 Å². The monoisotopic (exact) mass is 347 g/mol. The highest BCUT2D eigenvalue weighted by Gasteiger charge is 2.30. The largest absolute Gasteiger partial charge is 0.445 e. The molecule has 6 nitrogen and oxygen atoms in total. The highest BCUT2D eigenvalue weighted by molar-refractivity contribution is 5.81. The number of hydrogen-bond acceptors (Lipinski definition) is 4. The summed E-state index contributed by atoms with van der Waals surface area (Å²) < 4.78 is 5.37. The number of carbonyl (C=O) groups excluding carboxylic acids is 2. The SMILES string of the molecule is CC(C)[C@H](N)C(=O)N(C)C[C@H]1CCN(C(=O)OCc2ccccc2)C1. The van der Waals surface area contributed by atoms with E-state index in [1.165, 1.54) is 0 Å². The molecule has 1 aromatic rings. The minimum Gasteiger partial charge on any atom is -0.445 e. The number of amides is 2. The Hall–Kier alpha value is -2.08. The van der Waals surface area contributed by atoms with Crippen LogP contribution in [0.4, 0.5) is 4.79 Å². The molecule has 2 amide bonds. The molecule has 1 aromatic carbocycles. The Morgan fingerprint density at radius 1 is 1.32 bits per heavy atom. The first-order chi connectivity index (χ1) is 11.9. The van der Waals surface area contributed by atoms with Crippen LogP contribution in [0.15, 0.2) is 30.3 Å². The van der Waals surface area contributed by atoms with E-state index >= 15 is 0 Å². The zero-order valence-electron chi connectivity index (χ0n) is 15.4. The van der Waals surface area contributed by atoms with Crippen LogP contribution in [0.1, 0.15) is 25.8 Å². The van der Waals surface area contributed by atoms with Crippen molar-refractivity contribution in [1.82, 2.24) is 9.80 Å². The van der Waals surface area contributed by atoms with E-state index in [0.29, 0.717) is 19.6 Å². The number of rotatable bonds is 6. The van der Waals surface area contributed by atoms with Crippen molar-refractivity contribution < 1.29 is 14.3 Å². The number of carbonyl (C=O) groups is 2. The molecule has 0 saturated carbocycles. The molecule has 0 unspecified atom stereocenters. The second-order valence-corrected chi connectivity index (χ2v) is 7.13. The van der Waals surface area contributed by atoms with E-state index in [1.54, 1.807) is 16.8 Å². The van der Waals surface area contributed by atoms with Gasteiger partial charge < -0.3 is 20.3 Å². The van der Waals surface area contributed by atoms with Gasteiger partial charge in [-0.15, -0.1) is 0 Å². The van der Waals surface area contributed by atoms with Crippen LogP contribution in [-0.4, -0.2) is 54.5 Å². The maximum absolute atomic E-state index is 12.2. The third-order valence-electron chi connectivity index (χ3n) is 4.66. The summed E-state index contributed by atoms with van der Waals surface area (Å²) in [5.74, 6) is 0.334. The van der Waals surface area contributed by atoms with Crippen LogP contribution in [0.3, 0.4) is 0 Å². The molecule has 1 aliphatic heterocycles. The van der Waals surface area contributed by atoms with Crippen LogP contribution in [0.2, 0.25) is 0 Å². The van der Waals surface area contributed by atoms with Gasteiger partial charge in [-0.05, 0) is 23.8 Å². The molecule has 1 saturated heterocycles. The second-order valence-electron chi connectivity index (χ2n) is 7.13. The Labute approximate surface area is 149 Å². The standard InChI is InChI=1S/C19H29N3O3/c1-14(2)17(20)18(23)21(3)11-16-9-10-22(12-16)19(24)25-13-15-7-5-4-6-8-15/h4-8,14,16-17H,9-13,20H2,1-3H3/t16-,17+/m1/s1. The van der Waals surface area contributed by atoms with Crippen LogP contribution >= 0.6 is 0 Å². The first kappa shape index (κ1) is 19.2. The molecule has 0 bridgehead atoms. The fraction of sp³-hybridized carbons (Fsp3) is 0.579. The lowest BCUT2D eigenvalue weighted by atomic mass is 10.0. The molecule has 0 aromatic heterocycles. The molecule has 0 radical (unpaired) electrons. The van der Waals surface area contributed by atoms with Gasteiger partial charge in [0, 0.05) is 26.7 Å². The van der Waals surface area contributed by atoms with Gasteiger partial charge in [0.25, 0.3) is 0 Å². The highest BCUT2D eigenvalue weighted by Crippen LogP contribution is 2.19. The normalized spacial score (nSPS) is 18.3. The summed E-state index contributed by atoms with van der Waals surface area (Å²) in [6.45, 7) is 6.05. The minimum absolute atomic E-state index is 0.0416. The van der Waals surface area contributed by atoms with Gasteiger partial charge >= 0.3 is 6.09 Å². The average molecular weight is 347 g/mol. The number of likely N-dealkylation sites (tertiary alicyclic amines) is 1. The summed E-state index contributed by atoms with van der Waals surface area (Å²) in [4.78, 5) is 27.8. The molecule has 1 heterocycles. The van der Waals surface area contributed by atoms with Crippen LogP contribution in [0, 0.1) is 11.8 Å². The van der Waals surface area contributed by atoms with Crippen molar-refractivity contribution in [3.05, 3.63) is 35.9 Å². The van der Waals surface area contributed by atoms with Crippen LogP contribution in [-0.2, 0) is 16.1 Å². The molecule has 2 atom stereocenters. The minimum atomic E-state index is -0.474. The number of benzene rings is 1. The Kier molecular flexibility index (Phi) is 6.82. The predicted octanol–water partition coefficient (Wildman–Crippen LogP) is 2.09. The third kappa shape index (κ3) is 5.46. The van der Waals surface area contributed by atoms with Gasteiger partial charge in [-0.3, -0.25) is 4.79 Å². The van der Waals surface area contributed by atoms with E-state index in [4.69, 9.17) is 10.5 Å². The molecule has 25 heavy (non-hydrogen) atoms. The third-order valence-corrected chi connectivity index (χ3v) is 4.66. The van der Waals surface area contributed by atoms with Crippen molar-refractivity contribution in [1.29, 1.82) is 0 Å². The van der Waals surface area contributed by atoms with E-state index < -0.39 is 6.04 Å². The molecule has 1 fully saturated rings. The van der Waals surface area contributed by atoms with Crippen molar-refractivity contribution in [3.63, 3.8) is 0 Å². The number of hydrogen-bond donors (Lipinski definition) is 1. The van der Waals surface area contributed by atoms with Crippen molar-refractivity contribution in [2.75, 3.05) is 26.7 Å². The zero-order chi connectivity index (χ0) is 18.4. The maximum atomic E-state index is 12.2. The molecule has 2 N–H and O–H groups in total. The van der Waals surface area contributed by atoms with Gasteiger partial charge in [-0.25, -0.2) is 4.79 Å². The summed E-state index contributed by atoms with van der Waals surface area (Å²) in [7, 11) is 1.78. The van der Waals surface area contributed by atoms with E-state index in [1.807, 2.05) is 44.2 Å². The lowest BCUT2D eigenvalue weighted by molar-refractivity contribution is -0.132. The molecule has 0 aliphatic carbocycles. The van der Waals surface area contributed by atoms with Gasteiger partial charge in [0.15, 0.2) is 0 Å². The van der Waals surface area contributed by atoms with Gasteiger partial charge in [0.2, 0.25) is 5.91 Å². The topological polar surface area (TPSA) is 75.9 Å². The number of nitrogens with two attached hydrogens (primary N) is 1. The van der Waals surface area contributed by atoms with Crippen LogP contribution in [0.5, 0.6) is 0 Å². The van der Waals surface area contributed by atoms with Gasteiger partial charge in [-0.1, -0.05) is 44.2 Å². The summed E-state index contributed by atoms with van der Waals surface area (Å²) in [6.07, 6.45) is 0.578. The Bertz CT molecular complexity index is 577. The molecule has 138 valence electrons. The maximum Gasteiger partial charge on any atom is 0.410 e. The average Bonchev–Trinajstić information content (AvgIpc) is 3.07. The summed E-state index contributed by atoms with van der Waals surface area (Å²) in [5, 5.41) is 0. The molecule has 1 aliphatic rings. The zero-order valence-corrected chi connectivity index (χ0v) is 15.4. The first-order valence-corrected chi connectivity index (χ1v) is 8.84. The lowest BCUT2D eigenvalue weighted by Gasteiger charge is -2.26. The Morgan fingerprint density at radius 2 is 2.00 bits per heavy atom. The second kappa shape index (κ2) is 8.85. The van der Waals surface area contributed by atoms with Gasteiger partial charge in [0.05, 0.1) is 6.04 Å². The number of ether oxygens (including phenoxy) is 1. The fourth-order valence-corrected chi connectivity index (χ4v) is 2.98. The molecule has 6 heteroatoms. The Balaban J connectivity index is 1.76. The van der Waals surface area contributed by atoms with E-state index in [-0.39, 0.29) is 30.4 Å². The van der Waals surface area contributed by atoms with E-state index in [2.05, 4.69) is 0 Å². The van der Waals surface area contributed by atoms with Crippen molar-refractivity contribution >= 4 is 12.0 Å². The van der Waals surface area contributed by atoms with Gasteiger partial charge in [0.1, 0.15) is 6.61 Å². The van der Waals surface area contributed by atoms with Crippen LogP contribution < -0.4 is 5.73 Å². The van der Waals surface area contributed by atoms with Crippen molar-refractivity contribution in [2.45, 2.75) is 32.9 Å². The molecular weight excluding hydrogens is 318 g/mol. The quantitative estimate of drug-likeness (QED) is 0.855. The first-order valence-electron chi connectivity index (χ1n) is 8.84. The summed E-state index contributed by atoms with van der Waals surface area (Å²) >= 11 is 0. The van der Waals surface area contributed by atoms with E-state index in [9.17, 15) is 9.59 Å². The van der Waals surface area contributed by atoms with Crippen LogP contribution in [0.25, 0.3) is 0 Å². The predicted molar refractivity (Wildman–Crippen MR) is 96.8 cm³/mol. The van der Waals surface area contributed by atoms with Crippen molar-refractivity contribution in [2.24, 2.45) is 17.6 Å². The van der Waals surface area contributed by atoms with Gasteiger partial charge in [-0.2, -0.15) is 0 Å². The molecular formula is C19H29N3O3. The lowest BCUT2D eigenvalue weighted by Crippen LogP contribution is -2.46. The fourth-order valence-electron chi connectivity index (χ4n) is 2.98. The summed E-state index contributed by atoms with van der Waals surface area (Å²) in [6, 6.07) is 9.16. The summed E-state index contributed by atoms with van der Waals surface area (Å²) in [5.41, 5.74) is 6.90. The highest BCUT2D eigenvalue weighted by atomic mass is 16.6.